The summed E-state index contributed by atoms with van der Waals surface area (Å²) < 4.78 is 12.6. The molecule has 0 aliphatic heterocycles. The molecule has 9 nitrogen and oxygen atoms in total. The molecule has 0 saturated heterocycles. The molecule has 1 heterocycles. The number of methoxy groups -OCH3 is 1. The molecule has 0 radical (unpaired) electrons. The molecule has 1 aliphatic carbocycles. The number of carbonyl (C=O) groups excluding carboxylic acids is 2. The number of amides is 2. The van der Waals surface area contributed by atoms with Gasteiger partial charge in [0.2, 0.25) is 5.91 Å². The number of nitrogens with one attached hydrogen (secondary N) is 1. The van der Waals surface area contributed by atoms with E-state index in [9.17, 15) is 9.59 Å². The first-order valence-electron chi connectivity index (χ1n) is 14.3. The van der Waals surface area contributed by atoms with E-state index in [2.05, 4.69) is 15.6 Å². The minimum atomic E-state index is -0.925. The highest BCUT2D eigenvalue weighted by Gasteiger charge is 2.37. The number of ether oxygens (including phenoxy) is 2. The van der Waals surface area contributed by atoms with E-state index < -0.39 is 12.1 Å². The molecule has 0 unspecified atom stereocenters. The summed E-state index contributed by atoms with van der Waals surface area (Å²) >= 11 is 0. The molecule has 41 heavy (non-hydrogen) atoms. The Balaban J connectivity index is 1.59. The van der Waals surface area contributed by atoms with Crippen LogP contribution in [-0.2, 0) is 9.59 Å². The van der Waals surface area contributed by atoms with E-state index in [1.165, 1.54) is 6.42 Å². The van der Waals surface area contributed by atoms with Gasteiger partial charge in [0.25, 0.3) is 5.91 Å². The fourth-order valence-corrected chi connectivity index (χ4v) is 5.48. The number of anilines is 1. The molecule has 214 valence electrons. The highest BCUT2D eigenvalue weighted by Crippen LogP contribution is 2.33. The van der Waals surface area contributed by atoms with Crippen molar-refractivity contribution in [1.82, 2.24) is 20.3 Å². The number of hydrogen-bond donors (Lipinski definition) is 1. The lowest BCUT2D eigenvalue weighted by Gasteiger charge is -2.35. The number of para-hydroxylation sites is 1. The fraction of sp³-hybridized carbons (Fsp3) is 0.375. The molecule has 9 heteroatoms. The Hall–Kier alpha value is -4.40. The van der Waals surface area contributed by atoms with Crippen molar-refractivity contribution in [2.75, 3.05) is 18.6 Å². The molecular weight excluding hydrogens is 518 g/mol. The van der Waals surface area contributed by atoms with Gasteiger partial charge in [0.1, 0.15) is 29.1 Å². The minimum absolute atomic E-state index is 0.0750. The highest BCUT2D eigenvalue weighted by atomic mass is 16.5. The van der Waals surface area contributed by atoms with E-state index in [1.807, 2.05) is 79.7 Å². The molecule has 4 aromatic rings. The Kier molecular flexibility index (Phi) is 8.82. The Morgan fingerprint density at radius 1 is 0.976 bits per heavy atom. The molecule has 2 amide bonds. The van der Waals surface area contributed by atoms with Gasteiger partial charge in [-0.3, -0.25) is 14.5 Å². The van der Waals surface area contributed by atoms with Crippen molar-refractivity contribution in [3.63, 3.8) is 0 Å². The third-order valence-corrected chi connectivity index (χ3v) is 7.65. The number of hydrogen-bond acceptors (Lipinski definition) is 6. The maximum Gasteiger partial charge on any atom is 0.252 e. The number of aromatic nitrogens is 3. The quantitative estimate of drug-likeness (QED) is 0.273. The number of fused-ring (bicyclic) bond motifs is 1. The summed E-state index contributed by atoms with van der Waals surface area (Å²) in [6, 6.07) is 20.5. The Morgan fingerprint density at radius 3 is 2.34 bits per heavy atom. The van der Waals surface area contributed by atoms with E-state index in [1.54, 1.807) is 23.6 Å². The topological polar surface area (TPSA) is 98.6 Å². The number of rotatable bonds is 10. The Bertz CT molecular complexity index is 1460. The van der Waals surface area contributed by atoms with Crippen molar-refractivity contribution in [2.24, 2.45) is 0 Å². The SMILES string of the molecule is CCOc1ccc(N(C(=O)[C@H](C)n2nnc3ccccc32)[C@H](C(=O)NC2CCCCC2)c2ccc(OC)cc2)cc1. The maximum absolute atomic E-state index is 14.5. The molecule has 1 fully saturated rings. The van der Waals surface area contributed by atoms with E-state index in [4.69, 9.17) is 9.47 Å². The zero-order valence-corrected chi connectivity index (χ0v) is 23.8. The highest BCUT2D eigenvalue weighted by molar-refractivity contribution is 6.03. The zero-order chi connectivity index (χ0) is 28.8. The molecule has 1 N–H and O–H groups in total. The summed E-state index contributed by atoms with van der Waals surface area (Å²) in [7, 11) is 1.60. The van der Waals surface area contributed by atoms with Crippen molar-refractivity contribution < 1.29 is 19.1 Å². The van der Waals surface area contributed by atoms with Crippen LogP contribution in [0, 0.1) is 0 Å². The molecule has 1 aliphatic rings. The summed E-state index contributed by atoms with van der Waals surface area (Å²) in [5, 5.41) is 11.8. The summed E-state index contributed by atoms with van der Waals surface area (Å²) in [4.78, 5) is 30.3. The van der Waals surface area contributed by atoms with Crippen LogP contribution in [-0.4, -0.2) is 46.6 Å². The van der Waals surface area contributed by atoms with Crippen molar-refractivity contribution in [3.05, 3.63) is 78.4 Å². The van der Waals surface area contributed by atoms with Gasteiger partial charge in [0.15, 0.2) is 0 Å². The van der Waals surface area contributed by atoms with Crippen LogP contribution in [0.15, 0.2) is 72.8 Å². The van der Waals surface area contributed by atoms with Gasteiger partial charge < -0.3 is 14.8 Å². The van der Waals surface area contributed by atoms with Gasteiger partial charge in [-0.1, -0.05) is 48.7 Å². The molecule has 0 spiro atoms. The molecule has 1 saturated carbocycles. The van der Waals surface area contributed by atoms with Crippen LogP contribution in [0.2, 0.25) is 0 Å². The molecular formula is C32H37N5O4. The number of carbonyl (C=O) groups is 2. The monoisotopic (exact) mass is 555 g/mol. The summed E-state index contributed by atoms with van der Waals surface area (Å²) in [5.41, 5.74) is 2.69. The average molecular weight is 556 g/mol. The van der Waals surface area contributed by atoms with Crippen LogP contribution < -0.4 is 19.7 Å². The second-order valence-electron chi connectivity index (χ2n) is 10.4. The van der Waals surface area contributed by atoms with Gasteiger partial charge in [-0.05, 0) is 80.8 Å². The number of nitrogens with zero attached hydrogens (tertiary/aromatic N) is 4. The van der Waals surface area contributed by atoms with E-state index in [0.29, 0.717) is 34.9 Å². The average Bonchev–Trinajstić information content (AvgIpc) is 3.44. The van der Waals surface area contributed by atoms with Gasteiger partial charge in [-0.25, -0.2) is 4.68 Å². The van der Waals surface area contributed by atoms with Gasteiger partial charge in [-0.15, -0.1) is 5.10 Å². The largest absolute Gasteiger partial charge is 0.497 e. The second-order valence-corrected chi connectivity index (χ2v) is 10.4. The van der Waals surface area contributed by atoms with Crippen LogP contribution in [0.25, 0.3) is 11.0 Å². The lowest BCUT2D eigenvalue weighted by atomic mass is 9.94. The maximum atomic E-state index is 14.5. The standard InChI is InChI=1S/C32H37N5O4/c1-4-41-27-20-16-25(17-21-27)36(32(39)22(2)37-29-13-9-8-12-28(29)34-35-37)30(23-14-18-26(40-3)19-15-23)31(38)33-24-10-6-5-7-11-24/h8-9,12-22,24,30H,4-7,10-11H2,1-3H3,(H,33,38)/t22-,30-/m0/s1. The zero-order valence-electron chi connectivity index (χ0n) is 23.8. The van der Waals surface area contributed by atoms with Gasteiger partial charge in [-0.2, -0.15) is 0 Å². The Morgan fingerprint density at radius 2 is 1.66 bits per heavy atom. The fourth-order valence-electron chi connectivity index (χ4n) is 5.48. The first-order chi connectivity index (χ1) is 20.0. The van der Waals surface area contributed by atoms with Crippen molar-refractivity contribution in [3.8, 4) is 11.5 Å². The van der Waals surface area contributed by atoms with E-state index in [0.717, 1.165) is 31.2 Å². The van der Waals surface area contributed by atoms with Gasteiger partial charge >= 0.3 is 0 Å². The summed E-state index contributed by atoms with van der Waals surface area (Å²) in [6.07, 6.45) is 5.19. The van der Waals surface area contributed by atoms with Crippen LogP contribution in [0.3, 0.4) is 0 Å². The third kappa shape index (κ3) is 6.19. The predicted molar refractivity (Wildman–Crippen MR) is 158 cm³/mol. The van der Waals surface area contributed by atoms with Crippen LogP contribution in [0.4, 0.5) is 5.69 Å². The van der Waals surface area contributed by atoms with Crippen molar-refractivity contribution in [1.29, 1.82) is 0 Å². The lowest BCUT2D eigenvalue weighted by molar-refractivity contribution is -0.128. The van der Waals surface area contributed by atoms with E-state index >= 15 is 0 Å². The number of benzene rings is 3. The summed E-state index contributed by atoms with van der Waals surface area (Å²) in [5.74, 6) is 0.845. The molecule has 0 bridgehead atoms. The smallest absolute Gasteiger partial charge is 0.252 e. The lowest BCUT2D eigenvalue weighted by Crippen LogP contribution is -2.48. The molecule has 1 aromatic heterocycles. The molecule has 5 rings (SSSR count). The normalized spacial score (nSPS) is 15.2. The minimum Gasteiger partial charge on any atom is -0.497 e. The van der Waals surface area contributed by atoms with Gasteiger partial charge in [0.05, 0.1) is 19.2 Å². The van der Waals surface area contributed by atoms with Crippen molar-refractivity contribution in [2.45, 2.75) is 64.1 Å². The van der Waals surface area contributed by atoms with Crippen molar-refractivity contribution >= 4 is 28.5 Å². The predicted octanol–water partition coefficient (Wildman–Crippen LogP) is 5.62. The summed E-state index contributed by atoms with van der Waals surface area (Å²) in [6.45, 7) is 4.23. The third-order valence-electron chi connectivity index (χ3n) is 7.65. The van der Waals surface area contributed by atoms with Gasteiger partial charge in [0, 0.05) is 11.7 Å². The second kappa shape index (κ2) is 12.8. The first kappa shape index (κ1) is 28.1. The molecule has 3 aromatic carbocycles. The van der Waals surface area contributed by atoms with Crippen LogP contribution in [0.1, 0.15) is 63.6 Å². The Labute approximate surface area is 240 Å². The first-order valence-corrected chi connectivity index (χ1v) is 14.3. The van der Waals surface area contributed by atoms with Crippen LogP contribution in [0.5, 0.6) is 11.5 Å². The van der Waals surface area contributed by atoms with E-state index in [-0.39, 0.29) is 17.9 Å². The molecule has 2 atom stereocenters. The van der Waals surface area contributed by atoms with Crippen LogP contribution >= 0.6 is 0 Å².